The molecule has 0 heterocycles. The molecule has 0 aromatic heterocycles. The van der Waals surface area contributed by atoms with E-state index in [1.165, 1.54) is 0 Å². The van der Waals surface area contributed by atoms with Crippen LogP contribution in [0.2, 0.25) is 0 Å². The van der Waals surface area contributed by atoms with Crippen LogP contribution < -0.4 is 10.6 Å². The number of carbonyl (C=O) groups is 2. The maximum absolute atomic E-state index is 11.5. The molecule has 0 aliphatic heterocycles. The monoisotopic (exact) mass is 244 g/mol. The lowest BCUT2D eigenvalue weighted by molar-refractivity contribution is -0.130. The molecule has 102 valence electrons. The zero-order valence-electron chi connectivity index (χ0n) is 11.7. The van der Waals surface area contributed by atoms with Crippen molar-refractivity contribution in [2.75, 3.05) is 7.05 Å². The van der Waals surface area contributed by atoms with Gasteiger partial charge >= 0.3 is 0 Å². The number of rotatable bonds is 5. The van der Waals surface area contributed by atoms with Gasteiger partial charge in [0, 0.05) is 14.9 Å². The van der Waals surface area contributed by atoms with Crippen molar-refractivity contribution < 1.29 is 11.0 Å². The number of likely N-dealkylation sites (N-methyl/N-ethyl adjacent to an activating group) is 1. The smallest absolute Gasteiger partial charge is 0.242 e. The summed E-state index contributed by atoms with van der Waals surface area (Å²) in [6, 6.07) is -0.429. The number of hydrogen-bond donors (Lipinski definition) is 2. The number of carbonyl (C=O) groups excluding carboxylic acids is 2. The first-order chi connectivity index (χ1) is 7.88. The molecule has 0 saturated carbocycles. The van der Waals surface area contributed by atoms with Crippen LogP contribution in [0.1, 0.15) is 35.5 Å². The fourth-order valence-electron chi connectivity index (χ4n) is 1.29. The van der Waals surface area contributed by atoms with Gasteiger partial charge in [0.15, 0.2) is 0 Å². The Kier molecular flexibility index (Phi) is 10.5. The van der Waals surface area contributed by atoms with E-state index in [0.717, 1.165) is 0 Å². The molecule has 0 rings (SSSR count). The number of hydrogen-bond acceptors (Lipinski definition) is 2. The largest absolute Gasteiger partial charge is 0.357 e. The lowest BCUT2D eigenvalue weighted by Gasteiger charge is -2.21. The zero-order chi connectivity index (χ0) is 14.0. The second kappa shape index (κ2) is 9.87. The van der Waals surface area contributed by atoms with Crippen LogP contribution in [0.15, 0.2) is 13.2 Å². The predicted molar refractivity (Wildman–Crippen MR) is 73.7 cm³/mol. The van der Waals surface area contributed by atoms with Crippen molar-refractivity contribution in [3.63, 3.8) is 0 Å². The standard InChI is InChI=1S/C11H22N2O2.C2H4.H2/c1-7(2)6-9(14)13-10(8(3)4)11(15)12-5;1-2;/h7-8,10H,6H2,1-5H3,(H,12,15)(H,13,14);1-2H2;1H/t10-;;/m0../s1. The van der Waals surface area contributed by atoms with E-state index in [4.69, 9.17) is 0 Å². The van der Waals surface area contributed by atoms with Gasteiger partial charge in [0.25, 0.3) is 0 Å². The van der Waals surface area contributed by atoms with Crippen molar-refractivity contribution >= 4 is 11.8 Å². The van der Waals surface area contributed by atoms with Gasteiger partial charge in [0.05, 0.1) is 0 Å². The fourth-order valence-corrected chi connectivity index (χ4v) is 1.29. The summed E-state index contributed by atoms with van der Waals surface area (Å²) in [5, 5.41) is 5.30. The van der Waals surface area contributed by atoms with Crippen LogP contribution >= 0.6 is 0 Å². The van der Waals surface area contributed by atoms with Gasteiger partial charge in [-0.1, -0.05) is 27.7 Å². The van der Waals surface area contributed by atoms with Crippen LogP contribution in [0.25, 0.3) is 0 Å². The Labute approximate surface area is 106 Å². The van der Waals surface area contributed by atoms with Crippen LogP contribution in [0.3, 0.4) is 0 Å². The second-order valence-electron chi connectivity index (χ2n) is 4.50. The highest BCUT2D eigenvalue weighted by atomic mass is 16.2. The van der Waals surface area contributed by atoms with Gasteiger partial charge in [0.2, 0.25) is 11.8 Å². The first-order valence-electron chi connectivity index (χ1n) is 5.89. The first-order valence-corrected chi connectivity index (χ1v) is 5.89. The Balaban J connectivity index is -0.000000709. The third-order valence-corrected chi connectivity index (χ3v) is 2.11. The van der Waals surface area contributed by atoms with E-state index in [1.807, 2.05) is 27.7 Å². The molecule has 17 heavy (non-hydrogen) atoms. The van der Waals surface area contributed by atoms with Gasteiger partial charge in [-0.25, -0.2) is 0 Å². The summed E-state index contributed by atoms with van der Waals surface area (Å²) in [6.45, 7) is 13.8. The normalized spacial score (nSPS) is 11.5. The molecule has 4 heteroatoms. The van der Waals surface area contributed by atoms with E-state index >= 15 is 0 Å². The molecule has 1 atom stereocenters. The van der Waals surface area contributed by atoms with Crippen molar-refractivity contribution in [1.29, 1.82) is 0 Å². The van der Waals surface area contributed by atoms with Crippen LogP contribution in [0, 0.1) is 11.8 Å². The molecule has 0 aromatic rings. The topological polar surface area (TPSA) is 58.2 Å². The molecule has 0 aromatic carbocycles. The third kappa shape index (κ3) is 8.48. The number of amides is 2. The highest BCUT2D eigenvalue weighted by Crippen LogP contribution is 2.04. The minimum absolute atomic E-state index is 0. The van der Waals surface area contributed by atoms with Crippen LogP contribution in [0.4, 0.5) is 0 Å². The van der Waals surface area contributed by atoms with Crippen molar-refractivity contribution in [2.45, 2.75) is 40.2 Å². The molecule has 0 aliphatic rings. The van der Waals surface area contributed by atoms with Crippen LogP contribution in [-0.4, -0.2) is 24.9 Å². The summed E-state index contributed by atoms with van der Waals surface area (Å²) in [7, 11) is 1.58. The SMILES string of the molecule is C=C.CNC(=O)[C@@H](NC(=O)CC(C)C)C(C)C.[HH]. The molecular formula is C13H28N2O2. The zero-order valence-corrected chi connectivity index (χ0v) is 11.7. The van der Waals surface area contributed by atoms with Crippen molar-refractivity contribution in [1.82, 2.24) is 10.6 Å². The van der Waals surface area contributed by atoms with Gasteiger partial charge in [-0.2, -0.15) is 0 Å². The van der Waals surface area contributed by atoms with Crippen LogP contribution in [0.5, 0.6) is 0 Å². The predicted octanol–water partition coefficient (Wildman–Crippen LogP) is 1.97. The molecule has 2 amide bonds. The average molecular weight is 244 g/mol. The Morgan fingerprint density at radius 1 is 1.18 bits per heavy atom. The van der Waals surface area contributed by atoms with E-state index in [9.17, 15) is 9.59 Å². The summed E-state index contributed by atoms with van der Waals surface area (Å²) < 4.78 is 0. The molecule has 2 N–H and O–H groups in total. The van der Waals surface area contributed by atoms with Gasteiger partial charge in [0.1, 0.15) is 6.04 Å². The molecule has 0 saturated heterocycles. The van der Waals surface area contributed by atoms with E-state index in [0.29, 0.717) is 12.3 Å². The minimum atomic E-state index is -0.429. The van der Waals surface area contributed by atoms with Gasteiger partial charge < -0.3 is 10.6 Å². The summed E-state index contributed by atoms with van der Waals surface area (Å²) >= 11 is 0. The first kappa shape index (κ1) is 18.1. The van der Waals surface area contributed by atoms with Gasteiger partial charge in [-0.05, 0) is 11.8 Å². The summed E-state index contributed by atoms with van der Waals surface area (Å²) in [5.74, 6) is 0.206. The molecule has 0 radical (unpaired) electrons. The summed E-state index contributed by atoms with van der Waals surface area (Å²) in [5.41, 5.74) is 0. The van der Waals surface area contributed by atoms with Crippen molar-refractivity contribution in [2.24, 2.45) is 11.8 Å². The molecule has 0 fully saturated rings. The molecular weight excluding hydrogens is 216 g/mol. The van der Waals surface area contributed by atoms with Gasteiger partial charge in [-0.3, -0.25) is 9.59 Å². The minimum Gasteiger partial charge on any atom is -0.357 e. The average Bonchev–Trinajstić information content (AvgIpc) is 2.26. The second-order valence-corrected chi connectivity index (χ2v) is 4.50. The van der Waals surface area contributed by atoms with Crippen molar-refractivity contribution in [3.8, 4) is 0 Å². The van der Waals surface area contributed by atoms with E-state index in [-0.39, 0.29) is 19.2 Å². The highest BCUT2D eigenvalue weighted by molar-refractivity contribution is 5.87. The van der Waals surface area contributed by atoms with Crippen molar-refractivity contribution in [3.05, 3.63) is 13.2 Å². The quantitative estimate of drug-likeness (QED) is 0.726. The lowest BCUT2D eigenvalue weighted by Crippen LogP contribution is -2.48. The van der Waals surface area contributed by atoms with E-state index < -0.39 is 6.04 Å². The summed E-state index contributed by atoms with van der Waals surface area (Å²) in [4.78, 5) is 22.9. The molecule has 4 nitrogen and oxygen atoms in total. The van der Waals surface area contributed by atoms with E-state index in [1.54, 1.807) is 7.05 Å². The summed E-state index contributed by atoms with van der Waals surface area (Å²) in [6.07, 6.45) is 0.459. The highest BCUT2D eigenvalue weighted by Gasteiger charge is 2.22. The van der Waals surface area contributed by atoms with E-state index in [2.05, 4.69) is 23.8 Å². The Morgan fingerprint density at radius 3 is 1.94 bits per heavy atom. The third-order valence-electron chi connectivity index (χ3n) is 2.11. The Bertz CT molecular complexity index is 243. The maximum atomic E-state index is 11.5. The lowest BCUT2D eigenvalue weighted by atomic mass is 10.0. The molecule has 0 bridgehead atoms. The Hall–Kier alpha value is -1.32. The fraction of sp³-hybridized carbons (Fsp3) is 0.692. The Morgan fingerprint density at radius 2 is 1.65 bits per heavy atom. The molecule has 0 unspecified atom stereocenters. The maximum Gasteiger partial charge on any atom is 0.242 e. The molecule has 0 spiro atoms. The van der Waals surface area contributed by atoms with Crippen LogP contribution in [-0.2, 0) is 9.59 Å². The molecule has 0 aliphatic carbocycles. The number of nitrogens with one attached hydrogen (secondary N) is 2. The van der Waals surface area contributed by atoms with Gasteiger partial charge in [-0.15, -0.1) is 13.2 Å².